The number of anilines is 1. The van der Waals surface area contributed by atoms with Gasteiger partial charge >= 0.3 is 11.7 Å². The fraction of sp³-hybridized carbons (Fsp3) is 0.182. The van der Waals surface area contributed by atoms with Gasteiger partial charge in [-0.25, -0.2) is 9.59 Å². The van der Waals surface area contributed by atoms with E-state index in [2.05, 4.69) is 10.3 Å². The highest BCUT2D eigenvalue weighted by molar-refractivity contribution is 6.03. The maximum absolute atomic E-state index is 12.4. The third kappa shape index (κ3) is 5.03. The first kappa shape index (κ1) is 20.5. The fourth-order valence-electron chi connectivity index (χ4n) is 2.96. The summed E-state index contributed by atoms with van der Waals surface area (Å²) in [6.45, 7) is -0.0253. The van der Waals surface area contributed by atoms with Crippen molar-refractivity contribution in [1.82, 2.24) is 9.55 Å². The number of carbonyl (C=O) groups excluding carboxylic acids is 2. The molecule has 9 heteroatoms. The molecular weight excluding hydrogens is 402 g/mol. The average molecular weight is 421 g/mol. The lowest BCUT2D eigenvalue weighted by atomic mass is 10.2. The Morgan fingerprint density at radius 1 is 1.03 bits per heavy atom. The highest BCUT2D eigenvalue weighted by Gasteiger charge is 2.29. The van der Waals surface area contributed by atoms with Gasteiger partial charge in [-0.1, -0.05) is 36.4 Å². The molecule has 0 spiro atoms. The minimum Gasteiger partial charge on any atom is -0.457 e. The molecule has 1 aromatic heterocycles. The molecule has 2 heterocycles. The topological polar surface area (TPSA) is 109 Å². The van der Waals surface area contributed by atoms with Crippen LogP contribution in [0.4, 0.5) is 5.82 Å². The SMILES string of the molecule is O=C(Nc1ccn([C@@H]2CO[C@H](COC(=O)c3ccccc3)O2)c(=O)n1)c1ccccc1. The molecule has 1 saturated heterocycles. The highest BCUT2D eigenvalue weighted by Crippen LogP contribution is 2.20. The number of ether oxygens (including phenoxy) is 3. The highest BCUT2D eigenvalue weighted by atomic mass is 16.7. The molecule has 9 nitrogen and oxygen atoms in total. The monoisotopic (exact) mass is 421 g/mol. The zero-order valence-corrected chi connectivity index (χ0v) is 16.3. The van der Waals surface area contributed by atoms with Gasteiger partial charge in [0.05, 0.1) is 12.2 Å². The van der Waals surface area contributed by atoms with Gasteiger partial charge in [-0.3, -0.25) is 9.36 Å². The molecule has 0 saturated carbocycles. The summed E-state index contributed by atoms with van der Waals surface area (Å²) in [5.41, 5.74) is 0.265. The van der Waals surface area contributed by atoms with Crippen molar-refractivity contribution < 1.29 is 23.8 Å². The van der Waals surface area contributed by atoms with Crippen molar-refractivity contribution in [2.75, 3.05) is 18.5 Å². The second-order valence-corrected chi connectivity index (χ2v) is 6.64. The zero-order chi connectivity index (χ0) is 21.6. The number of nitrogens with zero attached hydrogens (tertiary/aromatic N) is 2. The first-order valence-corrected chi connectivity index (χ1v) is 9.55. The van der Waals surface area contributed by atoms with E-state index in [1.807, 2.05) is 0 Å². The van der Waals surface area contributed by atoms with Gasteiger partial charge in [-0.2, -0.15) is 4.98 Å². The van der Waals surface area contributed by atoms with Crippen LogP contribution >= 0.6 is 0 Å². The normalized spacial score (nSPS) is 17.8. The van der Waals surface area contributed by atoms with Crippen molar-refractivity contribution in [3.05, 3.63) is 94.5 Å². The molecule has 1 aliphatic heterocycles. The predicted molar refractivity (Wildman–Crippen MR) is 109 cm³/mol. The Bertz CT molecular complexity index is 1120. The fourth-order valence-corrected chi connectivity index (χ4v) is 2.96. The summed E-state index contributed by atoms with van der Waals surface area (Å²) >= 11 is 0. The number of carbonyl (C=O) groups is 2. The Labute approximate surface area is 177 Å². The van der Waals surface area contributed by atoms with Crippen LogP contribution in [0.3, 0.4) is 0 Å². The molecule has 1 aliphatic rings. The van der Waals surface area contributed by atoms with E-state index in [1.165, 1.54) is 16.8 Å². The van der Waals surface area contributed by atoms with Gasteiger partial charge < -0.3 is 19.5 Å². The Kier molecular flexibility index (Phi) is 6.16. The van der Waals surface area contributed by atoms with Gasteiger partial charge in [0.15, 0.2) is 12.5 Å². The largest absolute Gasteiger partial charge is 0.457 e. The van der Waals surface area contributed by atoms with E-state index in [9.17, 15) is 14.4 Å². The van der Waals surface area contributed by atoms with Crippen molar-refractivity contribution in [1.29, 1.82) is 0 Å². The Morgan fingerprint density at radius 2 is 1.71 bits per heavy atom. The van der Waals surface area contributed by atoms with Gasteiger partial charge in [0.2, 0.25) is 0 Å². The number of amides is 1. The van der Waals surface area contributed by atoms with Gasteiger partial charge in [0, 0.05) is 11.8 Å². The lowest BCUT2D eigenvalue weighted by Crippen LogP contribution is -2.29. The first-order chi connectivity index (χ1) is 15.1. The first-order valence-electron chi connectivity index (χ1n) is 9.55. The molecule has 158 valence electrons. The van der Waals surface area contributed by atoms with Crippen LogP contribution in [0.25, 0.3) is 0 Å². The van der Waals surface area contributed by atoms with Crippen LogP contribution in [0.2, 0.25) is 0 Å². The number of hydrogen-bond acceptors (Lipinski definition) is 7. The van der Waals surface area contributed by atoms with Crippen LogP contribution in [0.1, 0.15) is 26.9 Å². The number of benzene rings is 2. The lowest BCUT2D eigenvalue weighted by Gasteiger charge is -2.14. The van der Waals surface area contributed by atoms with Crippen molar-refractivity contribution in [3.8, 4) is 0 Å². The van der Waals surface area contributed by atoms with Crippen molar-refractivity contribution in [2.45, 2.75) is 12.5 Å². The van der Waals surface area contributed by atoms with Crippen LogP contribution in [-0.2, 0) is 14.2 Å². The Balaban J connectivity index is 1.33. The van der Waals surface area contributed by atoms with Crippen molar-refractivity contribution in [3.63, 3.8) is 0 Å². The Morgan fingerprint density at radius 3 is 2.39 bits per heavy atom. The van der Waals surface area contributed by atoms with Gasteiger partial charge in [0.1, 0.15) is 12.4 Å². The molecule has 31 heavy (non-hydrogen) atoms. The maximum Gasteiger partial charge on any atom is 0.351 e. The number of hydrogen-bond donors (Lipinski definition) is 1. The predicted octanol–water partition coefficient (Wildman–Crippen LogP) is 2.22. The summed E-state index contributed by atoms with van der Waals surface area (Å²) < 4.78 is 17.5. The van der Waals surface area contributed by atoms with E-state index in [-0.39, 0.29) is 24.9 Å². The molecule has 3 aromatic rings. The smallest absolute Gasteiger partial charge is 0.351 e. The minimum atomic E-state index is -0.804. The summed E-state index contributed by atoms with van der Waals surface area (Å²) in [5, 5.41) is 2.58. The van der Waals surface area contributed by atoms with Crippen LogP contribution < -0.4 is 11.0 Å². The number of nitrogens with one attached hydrogen (secondary N) is 1. The minimum absolute atomic E-state index is 0.0882. The molecular formula is C22H19N3O6. The van der Waals surface area contributed by atoms with E-state index >= 15 is 0 Å². The summed E-state index contributed by atoms with van der Waals surface area (Å²) in [6, 6.07) is 18.7. The van der Waals surface area contributed by atoms with Crippen molar-refractivity contribution in [2.24, 2.45) is 0 Å². The van der Waals surface area contributed by atoms with Crippen LogP contribution in [-0.4, -0.2) is 40.9 Å². The van der Waals surface area contributed by atoms with Crippen molar-refractivity contribution >= 4 is 17.7 Å². The number of aromatic nitrogens is 2. The average Bonchev–Trinajstić information content (AvgIpc) is 3.27. The standard InChI is InChI=1S/C22H19N3O6/c26-20(15-7-3-1-4-8-15)23-17-11-12-25(22(28)24-17)18-13-29-19(31-18)14-30-21(27)16-9-5-2-6-10-16/h1-12,18-19H,13-14H2,(H,23,24,26,28)/t18-,19-/m0/s1. The van der Waals surface area contributed by atoms with E-state index in [4.69, 9.17) is 14.2 Å². The van der Waals surface area contributed by atoms with E-state index in [0.717, 1.165) is 0 Å². The number of esters is 1. The molecule has 1 N–H and O–H groups in total. The summed E-state index contributed by atoms with van der Waals surface area (Å²) in [4.78, 5) is 40.5. The van der Waals surface area contributed by atoms with E-state index in [0.29, 0.717) is 11.1 Å². The third-order valence-electron chi connectivity index (χ3n) is 4.51. The Hall–Kier alpha value is -3.82. The van der Waals surface area contributed by atoms with Crippen LogP contribution in [0, 0.1) is 0 Å². The molecule has 0 radical (unpaired) electrons. The van der Waals surface area contributed by atoms with Gasteiger partial charge in [-0.05, 0) is 30.3 Å². The maximum atomic E-state index is 12.4. The van der Waals surface area contributed by atoms with E-state index in [1.54, 1.807) is 60.7 Å². The van der Waals surface area contributed by atoms with Crippen LogP contribution in [0.5, 0.6) is 0 Å². The molecule has 0 aliphatic carbocycles. The molecule has 2 aromatic carbocycles. The molecule has 2 atom stereocenters. The molecule has 0 bridgehead atoms. The van der Waals surface area contributed by atoms with E-state index < -0.39 is 24.2 Å². The third-order valence-corrected chi connectivity index (χ3v) is 4.51. The summed E-state index contributed by atoms with van der Waals surface area (Å²) in [6.07, 6.45) is -0.0659. The molecule has 1 amide bonds. The summed E-state index contributed by atoms with van der Waals surface area (Å²) in [7, 11) is 0. The lowest BCUT2D eigenvalue weighted by molar-refractivity contribution is -0.103. The molecule has 0 unspecified atom stereocenters. The zero-order valence-electron chi connectivity index (χ0n) is 16.3. The summed E-state index contributed by atoms with van der Waals surface area (Å²) in [5.74, 6) is -0.734. The van der Waals surface area contributed by atoms with Gasteiger partial charge in [0.25, 0.3) is 5.91 Å². The van der Waals surface area contributed by atoms with Gasteiger partial charge in [-0.15, -0.1) is 0 Å². The molecule has 1 fully saturated rings. The number of rotatable bonds is 6. The van der Waals surface area contributed by atoms with Crippen LogP contribution in [0.15, 0.2) is 77.7 Å². The second kappa shape index (κ2) is 9.33. The second-order valence-electron chi connectivity index (χ2n) is 6.64. The molecule has 4 rings (SSSR count). The quantitative estimate of drug-likeness (QED) is 0.608.